The molecule has 1 atom stereocenters. The summed E-state index contributed by atoms with van der Waals surface area (Å²) in [6, 6.07) is 6.41. The Morgan fingerprint density at radius 3 is 2.79 bits per heavy atom. The summed E-state index contributed by atoms with van der Waals surface area (Å²) < 4.78 is 24.6. The zero-order valence-electron chi connectivity index (χ0n) is 10.3. The molecule has 1 unspecified atom stereocenters. The lowest BCUT2D eigenvalue weighted by Gasteiger charge is -2.11. The third-order valence-corrected chi connectivity index (χ3v) is 4.01. The molecule has 3 N–H and O–H groups in total. The summed E-state index contributed by atoms with van der Waals surface area (Å²) in [5, 5.41) is 5.83. The summed E-state index contributed by atoms with van der Waals surface area (Å²) in [5.41, 5.74) is 0.992. The molecular weight excluding hydrogens is 286 g/mol. The number of anilines is 2. The van der Waals surface area contributed by atoms with E-state index in [1.165, 1.54) is 0 Å². The third kappa shape index (κ3) is 4.41. The number of thioether (sulfide) groups is 1. The van der Waals surface area contributed by atoms with E-state index in [0.29, 0.717) is 11.4 Å². The minimum Gasteiger partial charge on any atom is -0.325 e. The predicted octanol–water partition coefficient (Wildman–Crippen LogP) is 0.659. The average Bonchev–Trinajstić information content (AvgIpc) is 2.80. The van der Waals surface area contributed by atoms with Crippen molar-refractivity contribution in [2.45, 2.75) is 6.04 Å². The van der Waals surface area contributed by atoms with E-state index in [9.17, 15) is 13.2 Å². The van der Waals surface area contributed by atoms with Crippen molar-refractivity contribution in [3.05, 3.63) is 24.3 Å². The van der Waals surface area contributed by atoms with Crippen LogP contribution in [0, 0.1) is 0 Å². The van der Waals surface area contributed by atoms with E-state index in [-0.39, 0.29) is 11.9 Å². The molecule has 1 saturated heterocycles. The number of carbonyl (C=O) groups excluding carboxylic acids is 1. The van der Waals surface area contributed by atoms with Crippen LogP contribution in [0.4, 0.5) is 11.4 Å². The molecule has 0 bridgehead atoms. The van der Waals surface area contributed by atoms with Gasteiger partial charge in [-0.1, -0.05) is 6.07 Å². The van der Waals surface area contributed by atoms with Crippen LogP contribution in [0.3, 0.4) is 0 Å². The van der Waals surface area contributed by atoms with E-state index in [1.807, 2.05) is 0 Å². The lowest BCUT2D eigenvalue weighted by atomic mass is 10.2. The molecule has 8 heteroatoms. The van der Waals surface area contributed by atoms with Crippen LogP contribution in [0.2, 0.25) is 0 Å². The maximum Gasteiger partial charge on any atom is 0.242 e. The highest BCUT2D eigenvalue weighted by Gasteiger charge is 2.22. The molecule has 1 aromatic carbocycles. The molecule has 6 nitrogen and oxygen atoms in total. The molecule has 1 aromatic rings. The fraction of sp³-hybridized carbons (Fsp3) is 0.364. The molecule has 0 aromatic heterocycles. The number of hydrogen-bond donors (Lipinski definition) is 3. The van der Waals surface area contributed by atoms with Crippen LogP contribution in [-0.4, -0.2) is 38.3 Å². The second kappa shape index (κ2) is 5.81. The van der Waals surface area contributed by atoms with E-state index < -0.39 is 10.0 Å². The van der Waals surface area contributed by atoms with Crippen LogP contribution in [0.1, 0.15) is 0 Å². The van der Waals surface area contributed by atoms with Crippen molar-refractivity contribution in [1.29, 1.82) is 0 Å². The Bertz CT molecular complexity index is 568. The van der Waals surface area contributed by atoms with E-state index in [0.717, 1.165) is 17.9 Å². The summed E-state index contributed by atoms with van der Waals surface area (Å²) in [6.45, 7) is 0. The topological polar surface area (TPSA) is 87.3 Å². The van der Waals surface area contributed by atoms with Crippen molar-refractivity contribution >= 4 is 39.1 Å². The first kappa shape index (κ1) is 14.2. The highest BCUT2D eigenvalue weighted by molar-refractivity contribution is 7.99. The van der Waals surface area contributed by atoms with Crippen LogP contribution in [0.15, 0.2) is 24.3 Å². The van der Waals surface area contributed by atoms with E-state index in [1.54, 1.807) is 36.0 Å². The first-order valence-corrected chi connectivity index (χ1v) is 8.68. The van der Waals surface area contributed by atoms with Crippen molar-refractivity contribution in [3.8, 4) is 0 Å². The molecule has 2 rings (SSSR count). The zero-order valence-corrected chi connectivity index (χ0v) is 12.0. The Balaban J connectivity index is 2.04. The Labute approximate surface area is 116 Å². The van der Waals surface area contributed by atoms with Gasteiger partial charge in [-0.3, -0.25) is 14.8 Å². The van der Waals surface area contributed by atoms with Crippen molar-refractivity contribution in [2.24, 2.45) is 0 Å². The molecule has 0 radical (unpaired) electrons. The molecule has 1 fully saturated rings. The Morgan fingerprint density at radius 2 is 2.16 bits per heavy atom. The first-order chi connectivity index (χ1) is 8.94. The second-order valence-electron chi connectivity index (χ2n) is 4.22. The van der Waals surface area contributed by atoms with Gasteiger partial charge >= 0.3 is 0 Å². The lowest BCUT2D eigenvalue weighted by Crippen LogP contribution is -2.37. The van der Waals surface area contributed by atoms with Crippen LogP contribution in [0.5, 0.6) is 0 Å². The van der Waals surface area contributed by atoms with Crippen molar-refractivity contribution < 1.29 is 13.2 Å². The fourth-order valence-corrected chi connectivity index (χ4v) is 3.16. The van der Waals surface area contributed by atoms with Crippen molar-refractivity contribution in [3.63, 3.8) is 0 Å². The van der Waals surface area contributed by atoms with Gasteiger partial charge in [0.15, 0.2) is 0 Å². The standard InChI is InChI=1S/C11H15N3O3S2/c1-19(16,17)14-9-4-2-3-8(5-9)13-11(15)10-6-18-7-12-10/h2-5,10,12,14H,6-7H2,1H3,(H,13,15). The van der Waals surface area contributed by atoms with E-state index in [4.69, 9.17) is 0 Å². The maximum atomic E-state index is 11.9. The number of amides is 1. The molecule has 1 heterocycles. The first-order valence-electron chi connectivity index (χ1n) is 5.64. The summed E-state index contributed by atoms with van der Waals surface area (Å²) in [6.07, 6.45) is 1.08. The Kier molecular flexibility index (Phi) is 4.33. The van der Waals surface area contributed by atoms with E-state index in [2.05, 4.69) is 15.4 Å². The minimum atomic E-state index is -3.32. The van der Waals surface area contributed by atoms with Gasteiger partial charge in [0.05, 0.1) is 18.0 Å². The number of rotatable bonds is 4. The van der Waals surface area contributed by atoms with Crippen LogP contribution < -0.4 is 15.4 Å². The van der Waals surface area contributed by atoms with Gasteiger partial charge in [-0.25, -0.2) is 8.42 Å². The Hall–Kier alpha value is -1.25. The molecule has 0 spiro atoms. The monoisotopic (exact) mass is 301 g/mol. The van der Waals surface area contributed by atoms with Gasteiger partial charge in [-0.15, -0.1) is 11.8 Å². The largest absolute Gasteiger partial charge is 0.325 e. The molecule has 1 amide bonds. The van der Waals surface area contributed by atoms with Gasteiger partial charge in [0.25, 0.3) is 0 Å². The van der Waals surface area contributed by atoms with Gasteiger partial charge in [-0.05, 0) is 18.2 Å². The molecule has 1 aliphatic heterocycles. The van der Waals surface area contributed by atoms with E-state index >= 15 is 0 Å². The number of carbonyl (C=O) groups is 1. The zero-order chi connectivity index (χ0) is 13.9. The highest BCUT2D eigenvalue weighted by atomic mass is 32.2. The fourth-order valence-electron chi connectivity index (χ4n) is 1.67. The second-order valence-corrected chi connectivity index (χ2v) is 6.99. The number of hydrogen-bond acceptors (Lipinski definition) is 5. The molecule has 1 aliphatic rings. The van der Waals surface area contributed by atoms with Crippen LogP contribution >= 0.6 is 11.8 Å². The van der Waals surface area contributed by atoms with Gasteiger partial charge in [-0.2, -0.15) is 0 Å². The number of sulfonamides is 1. The molecular formula is C11H15N3O3S2. The lowest BCUT2D eigenvalue weighted by molar-refractivity contribution is -0.117. The van der Waals surface area contributed by atoms with Crippen molar-refractivity contribution in [1.82, 2.24) is 5.32 Å². The summed E-state index contributed by atoms with van der Waals surface area (Å²) >= 11 is 1.67. The molecule has 0 aliphatic carbocycles. The number of benzene rings is 1. The molecule has 0 saturated carbocycles. The van der Waals surface area contributed by atoms with Crippen LogP contribution in [-0.2, 0) is 14.8 Å². The highest BCUT2D eigenvalue weighted by Crippen LogP contribution is 2.17. The van der Waals surface area contributed by atoms with Gasteiger partial charge in [0.1, 0.15) is 0 Å². The van der Waals surface area contributed by atoms with Gasteiger partial charge in [0, 0.05) is 17.3 Å². The number of nitrogens with one attached hydrogen (secondary N) is 3. The molecule has 19 heavy (non-hydrogen) atoms. The van der Waals surface area contributed by atoms with Gasteiger partial charge < -0.3 is 5.32 Å². The molecule has 104 valence electrons. The Morgan fingerprint density at radius 1 is 1.42 bits per heavy atom. The minimum absolute atomic E-state index is 0.110. The maximum absolute atomic E-state index is 11.9. The summed E-state index contributed by atoms with van der Waals surface area (Å²) in [7, 11) is -3.32. The quantitative estimate of drug-likeness (QED) is 0.760. The smallest absolute Gasteiger partial charge is 0.242 e. The third-order valence-electron chi connectivity index (χ3n) is 2.47. The SMILES string of the molecule is CS(=O)(=O)Nc1cccc(NC(=O)C2CSCN2)c1. The summed E-state index contributed by atoms with van der Waals surface area (Å²) in [5.74, 6) is 1.41. The average molecular weight is 301 g/mol. The van der Waals surface area contributed by atoms with Crippen LogP contribution in [0.25, 0.3) is 0 Å². The van der Waals surface area contributed by atoms with Gasteiger partial charge in [0.2, 0.25) is 15.9 Å². The summed E-state index contributed by atoms with van der Waals surface area (Å²) in [4.78, 5) is 11.9. The van der Waals surface area contributed by atoms with Crippen molar-refractivity contribution in [2.75, 3.05) is 27.9 Å². The normalized spacial score (nSPS) is 19.1. The predicted molar refractivity (Wildman–Crippen MR) is 77.8 cm³/mol.